The van der Waals surface area contributed by atoms with Crippen molar-refractivity contribution in [1.82, 2.24) is 15.0 Å². The monoisotopic (exact) mass is 381 g/mol. The highest BCUT2D eigenvalue weighted by Crippen LogP contribution is 2.21. The Hall–Kier alpha value is -3.73. The van der Waals surface area contributed by atoms with Crippen LogP contribution >= 0.6 is 0 Å². The van der Waals surface area contributed by atoms with Gasteiger partial charge < -0.3 is 10.6 Å². The van der Waals surface area contributed by atoms with Crippen molar-refractivity contribution < 1.29 is 0 Å². The van der Waals surface area contributed by atoms with Crippen molar-refractivity contribution in [3.05, 3.63) is 102 Å². The molecule has 0 fully saturated rings. The van der Waals surface area contributed by atoms with E-state index in [-0.39, 0.29) is 0 Å². The maximum atomic E-state index is 4.72. The van der Waals surface area contributed by atoms with Crippen LogP contribution in [-0.4, -0.2) is 15.0 Å². The third-order valence-electron chi connectivity index (χ3n) is 4.54. The first kappa shape index (κ1) is 18.6. The zero-order valence-electron chi connectivity index (χ0n) is 16.3. The number of nitrogens with one attached hydrogen (secondary N) is 2. The molecule has 0 unspecified atom stereocenters. The number of aryl methyl sites for hydroxylation is 1. The number of rotatable bonds is 7. The standard InChI is InChI=1S/C24H23N5/c1-18-6-5-7-20(14-18)17-27-23-15-22(26-16-19-10-12-25-13-11-19)28-24(29-23)21-8-3-2-4-9-21/h2-15H,16-17H2,1H3,(H2,26,27,28,29). The van der Waals surface area contributed by atoms with E-state index < -0.39 is 0 Å². The number of pyridine rings is 1. The lowest BCUT2D eigenvalue weighted by Crippen LogP contribution is -2.07. The van der Waals surface area contributed by atoms with Crippen LogP contribution < -0.4 is 10.6 Å². The first-order valence-corrected chi connectivity index (χ1v) is 9.63. The van der Waals surface area contributed by atoms with Gasteiger partial charge >= 0.3 is 0 Å². The van der Waals surface area contributed by atoms with E-state index in [1.54, 1.807) is 12.4 Å². The minimum Gasteiger partial charge on any atom is -0.366 e. The average molecular weight is 381 g/mol. The third kappa shape index (κ3) is 5.17. The lowest BCUT2D eigenvalue weighted by Gasteiger charge is -2.12. The lowest BCUT2D eigenvalue weighted by atomic mass is 10.1. The van der Waals surface area contributed by atoms with Crippen LogP contribution in [0.3, 0.4) is 0 Å². The van der Waals surface area contributed by atoms with Crippen LogP contribution in [0.4, 0.5) is 11.6 Å². The highest BCUT2D eigenvalue weighted by Gasteiger charge is 2.07. The number of hydrogen-bond acceptors (Lipinski definition) is 5. The van der Waals surface area contributed by atoms with Gasteiger partial charge in [-0.25, -0.2) is 9.97 Å². The Morgan fingerprint density at radius 2 is 1.38 bits per heavy atom. The summed E-state index contributed by atoms with van der Waals surface area (Å²) in [6.07, 6.45) is 3.59. The summed E-state index contributed by atoms with van der Waals surface area (Å²) < 4.78 is 0. The van der Waals surface area contributed by atoms with E-state index in [4.69, 9.17) is 9.97 Å². The SMILES string of the molecule is Cc1cccc(CNc2cc(NCc3ccncc3)nc(-c3ccccc3)n2)c1. The molecule has 0 saturated carbocycles. The second-order valence-electron chi connectivity index (χ2n) is 6.88. The van der Waals surface area contributed by atoms with Crippen LogP contribution in [0, 0.1) is 6.92 Å². The predicted molar refractivity (Wildman–Crippen MR) is 118 cm³/mol. The molecule has 4 aromatic rings. The highest BCUT2D eigenvalue weighted by molar-refractivity contribution is 5.61. The zero-order valence-corrected chi connectivity index (χ0v) is 16.3. The molecule has 0 spiro atoms. The van der Waals surface area contributed by atoms with Crippen LogP contribution in [-0.2, 0) is 13.1 Å². The minimum atomic E-state index is 0.672. The van der Waals surface area contributed by atoms with Crippen molar-refractivity contribution in [3.63, 3.8) is 0 Å². The van der Waals surface area contributed by atoms with Crippen molar-refractivity contribution >= 4 is 11.6 Å². The van der Waals surface area contributed by atoms with Crippen molar-refractivity contribution in [2.45, 2.75) is 20.0 Å². The molecule has 0 bridgehead atoms. The lowest BCUT2D eigenvalue weighted by molar-refractivity contribution is 1.05. The van der Waals surface area contributed by atoms with Crippen molar-refractivity contribution in [3.8, 4) is 11.4 Å². The summed E-state index contributed by atoms with van der Waals surface area (Å²) in [7, 11) is 0. The fraction of sp³-hybridized carbons (Fsp3) is 0.125. The summed E-state index contributed by atoms with van der Waals surface area (Å²) in [6.45, 7) is 3.48. The minimum absolute atomic E-state index is 0.672. The van der Waals surface area contributed by atoms with Crippen LogP contribution in [0.25, 0.3) is 11.4 Å². The summed E-state index contributed by atoms with van der Waals surface area (Å²) in [5.74, 6) is 2.26. The molecule has 0 saturated heterocycles. The summed E-state index contributed by atoms with van der Waals surface area (Å²) in [5, 5.41) is 6.84. The normalized spacial score (nSPS) is 10.5. The van der Waals surface area contributed by atoms with Gasteiger partial charge in [0.2, 0.25) is 0 Å². The molecule has 0 radical (unpaired) electrons. The first-order valence-electron chi connectivity index (χ1n) is 9.63. The van der Waals surface area contributed by atoms with Crippen LogP contribution in [0.1, 0.15) is 16.7 Å². The molecule has 2 aromatic carbocycles. The summed E-state index contributed by atoms with van der Waals surface area (Å²) >= 11 is 0. The van der Waals surface area contributed by atoms with Gasteiger partial charge in [-0.3, -0.25) is 4.98 Å². The van der Waals surface area contributed by atoms with Crippen LogP contribution in [0.5, 0.6) is 0 Å². The molecule has 5 nitrogen and oxygen atoms in total. The van der Waals surface area contributed by atoms with E-state index in [1.165, 1.54) is 11.1 Å². The second-order valence-corrected chi connectivity index (χ2v) is 6.88. The van der Waals surface area contributed by atoms with Gasteiger partial charge in [0.1, 0.15) is 11.6 Å². The van der Waals surface area contributed by atoms with Gasteiger partial charge in [0.05, 0.1) is 0 Å². The Bertz CT molecular complexity index is 1060. The van der Waals surface area contributed by atoms with E-state index in [0.29, 0.717) is 18.9 Å². The van der Waals surface area contributed by atoms with E-state index in [0.717, 1.165) is 22.8 Å². The molecular weight excluding hydrogens is 358 g/mol. The van der Waals surface area contributed by atoms with E-state index in [2.05, 4.69) is 46.8 Å². The van der Waals surface area contributed by atoms with Gasteiger partial charge in [0, 0.05) is 37.1 Å². The second kappa shape index (κ2) is 8.97. The summed E-state index contributed by atoms with van der Waals surface area (Å²) in [5.41, 5.74) is 4.60. The molecule has 2 N–H and O–H groups in total. The number of aromatic nitrogens is 3. The fourth-order valence-electron chi connectivity index (χ4n) is 3.05. The van der Waals surface area contributed by atoms with E-state index in [1.807, 2.05) is 48.5 Å². The quantitative estimate of drug-likeness (QED) is 0.468. The van der Waals surface area contributed by atoms with E-state index in [9.17, 15) is 0 Å². The molecule has 29 heavy (non-hydrogen) atoms. The van der Waals surface area contributed by atoms with Gasteiger partial charge in [-0.2, -0.15) is 0 Å². The van der Waals surface area contributed by atoms with Gasteiger partial charge in [-0.05, 0) is 30.2 Å². The number of benzene rings is 2. The Balaban J connectivity index is 1.57. The van der Waals surface area contributed by atoms with Crippen molar-refractivity contribution in [2.75, 3.05) is 10.6 Å². The Labute approximate surface area is 170 Å². The highest BCUT2D eigenvalue weighted by atomic mass is 15.1. The molecule has 0 aliphatic carbocycles. The Morgan fingerprint density at radius 1 is 0.690 bits per heavy atom. The fourth-order valence-corrected chi connectivity index (χ4v) is 3.05. The van der Waals surface area contributed by atoms with Crippen molar-refractivity contribution in [2.24, 2.45) is 0 Å². The Morgan fingerprint density at radius 3 is 2.07 bits per heavy atom. The smallest absolute Gasteiger partial charge is 0.163 e. The third-order valence-corrected chi connectivity index (χ3v) is 4.54. The molecular formula is C24H23N5. The molecule has 0 aliphatic heterocycles. The molecule has 0 amide bonds. The summed E-state index contributed by atoms with van der Waals surface area (Å²) in [4.78, 5) is 13.5. The number of hydrogen-bond donors (Lipinski definition) is 2. The maximum absolute atomic E-state index is 4.72. The van der Waals surface area contributed by atoms with Gasteiger partial charge in [-0.15, -0.1) is 0 Å². The molecule has 0 aliphatic rings. The molecule has 0 atom stereocenters. The molecule has 144 valence electrons. The molecule has 2 aromatic heterocycles. The van der Waals surface area contributed by atoms with Gasteiger partial charge in [0.15, 0.2) is 5.82 Å². The number of anilines is 2. The van der Waals surface area contributed by atoms with Gasteiger partial charge in [0.25, 0.3) is 0 Å². The maximum Gasteiger partial charge on any atom is 0.163 e. The predicted octanol–water partition coefficient (Wildman–Crippen LogP) is 5.07. The Kier molecular flexibility index (Phi) is 5.76. The molecule has 2 heterocycles. The van der Waals surface area contributed by atoms with Crippen molar-refractivity contribution in [1.29, 1.82) is 0 Å². The first-order chi connectivity index (χ1) is 14.3. The van der Waals surface area contributed by atoms with Crippen LogP contribution in [0.2, 0.25) is 0 Å². The van der Waals surface area contributed by atoms with E-state index >= 15 is 0 Å². The topological polar surface area (TPSA) is 62.7 Å². The average Bonchev–Trinajstić information content (AvgIpc) is 2.78. The molecule has 5 heteroatoms. The largest absolute Gasteiger partial charge is 0.366 e. The zero-order chi connectivity index (χ0) is 19.9. The van der Waals surface area contributed by atoms with Crippen LogP contribution in [0.15, 0.2) is 85.2 Å². The van der Waals surface area contributed by atoms with Gasteiger partial charge in [-0.1, -0.05) is 60.2 Å². The number of nitrogens with zero attached hydrogens (tertiary/aromatic N) is 3. The molecule has 4 rings (SSSR count). The summed E-state index contributed by atoms with van der Waals surface area (Å²) in [6, 6.07) is 24.4.